The van der Waals surface area contributed by atoms with Gasteiger partial charge in [0.15, 0.2) is 0 Å². The first-order chi connectivity index (χ1) is 10.1. The Morgan fingerprint density at radius 3 is 2.86 bits per heavy atom. The summed E-state index contributed by atoms with van der Waals surface area (Å²) < 4.78 is 0. The number of benzene rings is 1. The zero-order chi connectivity index (χ0) is 15.2. The molecule has 1 aromatic carbocycles. The molecular weight excluding hydrogens is 286 g/mol. The first kappa shape index (κ1) is 15.9. The maximum absolute atomic E-state index is 12.2. The minimum Gasteiger partial charge on any atom is -0.352 e. The minimum atomic E-state index is -0.147. The molecule has 1 aliphatic rings. The molecular formula is C15H21N3O2S. The molecule has 21 heavy (non-hydrogen) atoms. The second kappa shape index (κ2) is 7.47. The van der Waals surface area contributed by atoms with Crippen LogP contribution in [0.15, 0.2) is 18.2 Å². The van der Waals surface area contributed by atoms with Crippen LogP contribution >= 0.6 is 11.8 Å². The van der Waals surface area contributed by atoms with Crippen molar-refractivity contribution in [2.45, 2.75) is 19.9 Å². The molecule has 6 heteroatoms. The number of carbonyl (C=O) groups is 2. The Bertz CT molecular complexity index is 528. The van der Waals surface area contributed by atoms with Gasteiger partial charge in [-0.2, -0.15) is 11.8 Å². The molecule has 1 fully saturated rings. The molecule has 5 nitrogen and oxygen atoms in total. The number of hydrogen-bond acceptors (Lipinski definition) is 4. The fourth-order valence-corrected chi connectivity index (χ4v) is 3.10. The third-order valence-corrected chi connectivity index (χ3v) is 4.38. The molecule has 1 aliphatic heterocycles. The lowest BCUT2D eigenvalue weighted by molar-refractivity contribution is -0.117. The van der Waals surface area contributed by atoms with Crippen LogP contribution in [0.2, 0.25) is 0 Å². The molecule has 3 N–H and O–H groups in total. The second-order valence-electron chi connectivity index (χ2n) is 4.96. The van der Waals surface area contributed by atoms with E-state index in [4.69, 9.17) is 0 Å². The van der Waals surface area contributed by atoms with Gasteiger partial charge in [-0.1, -0.05) is 0 Å². The van der Waals surface area contributed by atoms with Gasteiger partial charge in [-0.25, -0.2) is 0 Å². The Labute approximate surface area is 129 Å². The van der Waals surface area contributed by atoms with Gasteiger partial charge < -0.3 is 16.0 Å². The predicted molar refractivity (Wildman–Crippen MR) is 86.9 cm³/mol. The highest BCUT2D eigenvalue weighted by Crippen LogP contribution is 2.18. The smallest absolute Gasteiger partial charge is 0.251 e. The van der Waals surface area contributed by atoms with Gasteiger partial charge in [0, 0.05) is 35.8 Å². The molecule has 0 aromatic heterocycles. The summed E-state index contributed by atoms with van der Waals surface area (Å²) in [6.07, 6.45) is 0. The number of amides is 2. The first-order valence-corrected chi connectivity index (χ1v) is 8.28. The molecule has 1 heterocycles. The van der Waals surface area contributed by atoms with Crippen molar-refractivity contribution < 1.29 is 9.59 Å². The summed E-state index contributed by atoms with van der Waals surface area (Å²) in [6, 6.07) is 5.17. The number of nitrogens with one attached hydrogen (secondary N) is 3. The van der Waals surface area contributed by atoms with Crippen molar-refractivity contribution in [3.05, 3.63) is 29.3 Å². The van der Waals surface area contributed by atoms with Crippen LogP contribution in [-0.4, -0.2) is 42.5 Å². The Kier molecular flexibility index (Phi) is 5.64. The third-order valence-electron chi connectivity index (χ3n) is 3.32. The lowest BCUT2D eigenvalue weighted by atomic mass is 10.1. The highest BCUT2D eigenvalue weighted by molar-refractivity contribution is 7.99. The molecule has 0 aliphatic carbocycles. The van der Waals surface area contributed by atoms with E-state index in [-0.39, 0.29) is 17.9 Å². The van der Waals surface area contributed by atoms with Crippen LogP contribution in [0.3, 0.4) is 0 Å². The van der Waals surface area contributed by atoms with E-state index >= 15 is 0 Å². The number of carbonyl (C=O) groups excluding carboxylic acids is 2. The first-order valence-electron chi connectivity index (χ1n) is 7.12. The van der Waals surface area contributed by atoms with Gasteiger partial charge in [-0.05, 0) is 37.6 Å². The Balaban J connectivity index is 2.03. The third kappa shape index (κ3) is 4.22. The molecule has 1 saturated heterocycles. The van der Waals surface area contributed by atoms with Crippen LogP contribution in [0.4, 0.5) is 5.69 Å². The van der Waals surface area contributed by atoms with Crippen molar-refractivity contribution in [3.63, 3.8) is 0 Å². The average Bonchev–Trinajstić information content (AvgIpc) is 2.50. The highest BCUT2D eigenvalue weighted by Gasteiger charge is 2.21. The molecule has 2 rings (SSSR count). The minimum absolute atomic E-state index is 0.0175. The van der Waals surface area contributed by atoms with E-state index < -0.39 is 0 Å². The molecule has 0 saturated carbocycles. The maximum Gasteiger partial charge on any atom is 0.251 e. The number of rotatable bonds is 4. The van der Waals surface area contributed by atoms with Gasteiger partial charge in [0.05, 0.1) is 6.04 Å². The van der Waals surface area contributed by atoms with Gasteiger partial charge in [0.25, 0.3) is 5.91 Å². The zero-order valence-corrected chi connectivity index (χ0v) is 13.2. The van der Waals surface area contributed by atoms with Gasteiger partial charge >= 0.3 is 0 Å². The van der Waals surface area contributed by atoms with Gasteiger partial charge in [-0.3, -0.25) is 9.59 Å². The van der Waals surface area contributed by atoms with Crippen molar-refractivity contribution in [2.24, 2.45) is 0 Å². The van der Waals surface area contributed by atoms with Crippen LogP contribution < -0.4 is 16.0 Å². The van der Waals surface area contributed by atoms with Crippen LogP contribution in [0.25, 0.3) is 0 Å². The van der Waals surface area contributed by atoms with E-state index in [1.165, 1.54) is 0 Å². The van der Waals surface area contributed by atoms with E-state index in [9.17, 15) is 9.59 Å². The van der Waals surface area contributed by atoms with E-state index in [0.29, 0.717) is 12.1 Å². The van der Waals surface area contributed by atoms with Crippen molar-refractivity contribution in [2.75, 3.05) is 29.9 Å². The molecule has 1 aromatic rings. The number of hydrogen-bond donors (Lipinski definition) is 3. The molecule has 0 spiro atoms. The van der Waals surface area contributed by atoms with E-state index in [2.05, 4.69) is 16.0 Å². The average molecular weight is 307 g/mol. The largest absolute Gasteiger partial charge is 0.352 e. The molecule has 1 unspecified atom stereocenters. The highest BCUT2D eigenvalue weighted by atomic mass is 32.2. The monoisotopic (exact) mass is 307 g/mol. The van der Waals surface area contributed by atoms with Crippen LogP contribution in [0.1, 0.15) is 22.8 Å². The van der Waals surface area contributed by atoms with E-state index in [0.717, 1.165) is 29.3 Å². The predicted octanol–water partition coefficient (Wildman–Crippen LogP) is 1.39. The number of aryl methyl sites for hydroxylation is 1. The van der Waals surface area contributed by atoms with Crippen molar-refractivity contribution in [3.8, 4) is 0 Å². The summed E-state index contributed by atoms with van der Waals surface area (Å²) >= 11 is 1.78. The van der Waals surface area contributed by atoms with Crippen molar-refractivity contribution in [1.29, 1.82) is 0 Å². The normalized spacial score (nSPS) is 18.1. The summed E-state index contributed by atoms with van der Waals surface area (Å²) in [5.74, 6) is 1.73. The quantitative estimate of drug-likeness (QED) is 0.786. The zero-order valence-electron chi connectivity index (χ0n) is 12.4. The topological polar surface area (TPSA) is 70.2 Å². The standard InChI is InChI=1S/C15H21N3O2S/c1-3-16-14(19)11-4-5-12(10(2)8-11)18-15(20)13-9-21-7-6-17-13/h4-5,8,13,17H,3,6-7,9H2,1-2H3,(H,16,19)(H,18,20). The van der Waals surface area contributed by atoms with Crippen LogP contribution in [0, 0.1) is 6.92 Å². The SMILES string of the molecule is CCNC(=O)c1ccc(NC(=O)C2CSCCN2)c(C)c1. The summed E-state index contributed by atoms with van der Waals surface area (Å²) in [5, 5.41) is 8.90. The Morgan fingerprint density at radius 1 is 1.43 bits per heavy atom. The van der Waals surface area contributed by atoms with Crippen LogP contribution in [-0.2, 0) is 4.79 Å². The fraction of sp³-hybridized carbons (Fsp3) is 0.467. The fourth-order valence-electron chi connectivity index (χ4n) is 2.16. The Hall–Kier alpha value is -1.53. The number of anilines is 1. The molecule has 1 atom stereocenters. The van der Waals surface area contributed by atoms with Gasteiger partial charge in [0.1, 0.15) is 0 Å². The van der Waals surface area contributed by atoms with Crippen molar-refractivity contribution >= 4 is 29.3 Å². The summed E-state index contributed by atoms with van der Waals surface area (Å²) in [4.78, 5) is 23.9. The lowest BCUT2D eigenvalue weighted by Gasteiger charge is -2.22. The summed E-state index contributed by atoms with van der Waals surface area (Å²) in [7, 11) is 0. The van der Waals surface area contributed by atoms with Crippen molar-refractivity contribution in [1.82, 2.24) is 10.6 Å². The molecule has 0 bridgehead atoms. The number of thioether (sulfide) groups is 1. The second-order valence-corrected chi connectivity index (χ2v) is 6.11. The lowest BCUT2D eigenvalue weighted by Crippen LogP contribution is -2.46. The summed E-state index contributed by atoms with van der Waals surface area (Å²) in [5.41, 5.74) is 2.25. The molecule has 2 amide bonds. The van der Waals surface area contributed by atoms with E-state index in [1.54, 1.807) is 30.0 Å². The Morgan fingerprint density at radius 2 is 2.24 bits per heavy atom. The molecule has 114 valence electrons. The maximum atomic E-state index is 12.2. The summed E-state index contributed by atoms with van der Waals surface area (Å²) in [6.45, 7) is 5.23. The van der Waals surface area contributed by atoms with Crippen LogP contribution in [0.5, 0.6) is 0 Å². The van der Waals surface area contributed by atoms with E-state index in [1.807, 2.05) is 13.8 Å². The molecule has 0 radical (unpaired) electrons. The van der Waals surface area contributed by atoms with Gasteiger partial charge in [-0.15, -0.1) is 0 Å². The van der Waals surface area contributed by atoms with Gasteiger partial charge in [0.2, 0.25) is 5.91 Å².